The lowest BCUT2D eigenvalue weighted by Gasteiger charge is -2.36. The van der Waals surface area contributed by atoms with E-state index in [9.17, 15) is 18.0 Å². The predicted molar refractivity (Wildman–Crippen MR) is 168 cm³/mol. The lowest BCUT2D eigenvalue weighted by atomic mass is 9.84. The normalized spacial score (nSPS) is 22.9. The van der Waals surface area contributed by atoms with Crippen molar-refractivity contribution in [3.05, 3.63) is 64.7 Å². The Bertz CT molecular complexity index is 1430. The number of carbonyl (C=O) groups is 2. The molecule has 3 aliphatic rings. The molecule has 0 aromatic heterocycles. The number of aliphatic imine (C=N–C) groups is 1. The topological polar surface area (TPSA) is 99.2 Å². The number of carbonyl (C=O) groups excluding carboxylic acids is 2. The van der Waals surface area contributed by atoms with Crippen molar-refractivity contribution in [1.29, 1.82) is 0 Å². The van der Waals surface area contributed by atoms with E-state index in [0.29, 0.717) is 24.8 Å². The Labute approximate surface area is 250 Å². The van der Waals surface area contributed by atoms with Gasteiger partial charge in [0, 0.05) is 48.5 Å². The number of nitrogens with zero attached hydrogens (tertiary/aromatic N) is 3. The van der Waals surface area contributed by atoms with E-state index in [-0.39, 0.29) is 35.1 Å². The molecule has 2 heterocycles. The molecule has 1 aliphatic carbocycles. The average Bonchev–Trinajstić information content (AvgIpc) is 3.30. The van der Waals surface area contributed by atoms with Crippen molar-refractivity contribution in [2.45, 2.75) is 89.6 Å². The molecule has 2 aromatic rings. The van der Waals surface area contributed by atoms with E-state index in [1.807, 2.05) is 45.0 Å². The molecule has 0 radical (unpaired) electrons. The zero-order chi connectivity index (χ0) is 30.0. The summed E-state index contributed by atoms with van der Waals surface area (Å²) in [7, 11) is -3.00. The molecule has 2 fully saturated rings. The third-order valence-electron chi connectivity index (χ3n) is 8.97. The summed E-state index contributed by atoms with van der Waals surface area (Å²) in [5, 5.41) is 2.82. The Morgan fingerprint density at radius 1 is 0.976 bits per heavy atom. The van der Waals surface area contributed by atoms with Crippen LogP contribution >= 0.6 is 0 Å². The van der Waals surface area contributed by atoms with Gasteiger partial charge in [-0.3, -0.25) is 14.5 Å². The Kier molecular flexibility index (Phi) is 9.18. The summed E-state index contributed by atoms with van der Waals surface area (Å²) in [6.07, 6.45) is 6.61. The quantitative estimate of drug-likeness (QED) is 0.501. The summed E-state index contributed by atoms with van der Waals surface area (Å²) in [4.78, 5) is 35.2. The molecule has 2 amide bonds. The predicted octanol–water partition coefficient (Wildman–Crippen LogP) is 4.69. The molecule has 1 saturated heterocycles. The number of hydrogen-bond acceptors (Lipinski definition) is 5. The first kappa shape index (κ1) is 30.4. The monoisotopic (exact) mass is 592 g/mol. The number of anilines is 1. The van der Waals surface area contributed by atoms with Gasteiger partial charge in [-0.2, -0.15) is 4.99 Å². The van der Waals surface area contributed by atoms with E-state index < -0.39 is 9.84 Å². The number of likely N-dealkylation sites (tertiary alicyclic amines) is 1. The van der Waals surface area contributed by atoms with E-state index >= 15 is 0 Å². The van der Waals surface area contributed by atoms with Gasteiger partial charge in [-0.25, -0.2) is 8.42 Å². The molecule has 8 nitrogen and oxygen atoms in total. The zero-order valence-electron chi connectivity index (χ0n) is 25.3. The molecule has 0 spiro atoms. The first-order valence-electron chi connectivity index (χ1n) is 15.3. The number of aryl methyl sites for hydroxylation is 1. The van der Waals surface area contributed by atoms with E-state index in [2.05, 4.69) is 38.3 Å². The van der Waals surface area contributed by atoms with Crippen molar-refractivity contribution in [2.75, 3.05) is 24.2 Å². The van der Waals surface area contributed by atoms with Crippen LogP contribution in [0.1, 0.15) is 79.4 Å². The number of nitrogens with one attached hydrogen (secondary N) is 1. The largest absolute Gasteiger partial charge is 0.354 e. The Balaban J connectivity index is 1.37. The van der Waals surface area contributed by atoms with Crippen molar-refractivity contribution in [3.63, 3.8) is 0 Å². The summed E-state index contributed by atoms with van der Waals surface area (Å²) in [5.74, 6) is 0.690. The van der Waals surface area contributed by atoms with Gasteiger partial charge in [-0.05, 0) is 102 Å². The fraction of sp³-hybridized carbons (Fsp3) is 0.545. The molecule has 9 heteroatoms. The van der Waals surface area contributed by atoms with E-state index in [0.717, 1.165) is 68.0 Å². The molecular formula is C33H44N4O4S. The molecule has 2 aromatic carbocycles. The second-order valence-electron chi connectivity index (χ2n) is 12.7. The summed E-state index contributed by atoms with van der Waals surface area (Å²) in [6, 6.07) is 14.4. The zero-order valence-corrected chi connectivity index (χ0v) is 26.1. The van der Waals surface area contributed by atoms with Gasteiger partial charge in [0.2, 0.25) is 5.91 Å². The fourth-order valence-electron chi connectivity index (χ4n) is 6.61. The van der Waals surface area contributed by atoms with Crippen LogP contribution in [0.25, 0.3) is 0 Å². The number of rotatable bonds is 7. The number of sulfone groups is 1. The molecule has 2 aliphatic heterocycles. The third-order valence-corrected chi connectivity index (χ3v) is 10.7. The SMILES string of the molecule is Cc1ccc(C(=O)N=C2Cc3ccc(CN4CCC(S(C)(=O)=O)CC4)cc3N2C2CCC(C(=O)NC(C)C)CC2)cc1. The van der Waals surface area contributed by atoms with Gasteiger partial charge in [0.25, 0.3) is 5.91 Å². The number of hydrogen-bond donors (Lipinski definition) is 1. The highest BCUT2D eigenvalue weighted by Crippen LogP contribution is 2.38. The van der Waals surface area contributed by atoms with Gasteiger partial charge >= 0.3 is 0 Å². The fourth-order valence-corrected chi connectivity index (χ4v) is 7.67. The van der Waals surface area contributed by atoms with Crippen LogP contribution in [0.5, 0.6) is 0 Å². The first-order valence-corrected chi connectivity index (χ1v) is 17.2. The van der Waals surface area contributed by atoms with Crippen LogP contribution in [0.15, 0.2) is 47.5 Å². The van der Waals surface area contributed by atoms with E-state index in [4.69, 9.17) is 0 Å². The molecule has 42 heavy (non-hydrogen) atoms. The molecule has 0 unspecified atom stereocenters. The molecule has 0 atom stereocenters. The number of benzene rings is 2. The van der Waals surface area contributed by atoms with Crippen LogP contribution in [-0.4, -0.2) is 67.6 Å². The number of amidine groups is 1. The smallest absolute Gasteiger partial charge is 0.278 e. The van der Waals surface area contributed by atoms with Gasteiger partial charge < -0.3 is 10.2 Å². The average molecular weight is 593 g/mol. The lowest BCUT2D eigenvalue weighted by molar-refractivity contribution is -0.126. The van der Waals surface area contributed by atoms with Crippen LogP contribution in [0.2, 0.25) is 0 Å². The van der Waals surface area contributed by atoms with Crippen LogP contribution < -0.4 is 10.2 Å². The highest BCUT2D eigenvalue weighted by atomic mass is 32.2. The second-order valence-corrected chi connectivity index (χ2v) is 15.0. The minimum absolute atomic E-state index is 0.0153. The second kappa shape index (κ2) is 12.7. The summed E-state index contributed by atoms with van der Waals surface area (Å²) in [5.41, 5.74) is 5.11. The summed E-state index contributed by atoms with van der Waals surface area (Å²) >= 11 is 0. The van der Waals surface area contributed by atoms with Gasteiger partial charge in [0.15, 0.2) is 0 Å². The Morgan fingerprint density at radius 3 is 2.26 bits per heavy atom. The lowest BCUT2D eigenvalue weighted by Crippen LogP contribution is -2.44. The highest BCUT2D eigenvalue weighted by molar-refractivity contribution is 7.91. The van der Waals surface area contributed by atoms with Crippen LogP contribution in [-0.2, 0) is 27.6 Å². The molecule has 0 bridgehead atoms. The third kappa shape index (κ3) is 7.11. The minimum Gasteiger partial charge on any atom is -0.354 e. The van der Waals surface area contributed by atoms with Crippen LogP contribution in [0.3, 0.4) is 0 Å². The first-order chi connectivity index (χ1) is 20.0. The number of fused-ring (bicyclic) bond motifs is 1. The molecule has 1 saturated carbocycles. The Morgan fingerprint density at radius 2 is 1.64 bits per heavy atom. The number of amides is 2. The summed E-state index contributed by atoms with van der Waals surface area (Å²) < 4.78 is 24.0. The van der Waals surface area contributed by atoms with Gasteiger partial charge in [-0.15, -0.1) is 0 Å². The van der Waals surface area contributed by atoms with Gasteiger partial charge in [0.1, 0.15) is 15.7 Å². The molecule has 226 valence electrons. The van der Waals surface area contributed by atoms with Crippen molar-refractivity contribution in [3.8, 4) is 0 Å². The maximum absolute atomic E-state index is 13.2. The Hall–Kier alpha value is -3.04. The maximum Gasteiger partial charge on any atom is 0.278 e. The minimum atomic E-state index is -3.00. The van der Waals surface area contributed by atoms with Crippen molar-refractivity contribution >= 4 is 33.2 Å². The van der Waals surface area contributed by atoms with Crippen molar-refractivity contribution < 1.29 is 18.0 Å². The van der Waals surface area contributed by atoms with Crippen LogP contribution in [0.4, 0.5) is 5.69 Å². The number of piperidine rings is 1. The molecule has 1 N–H and O–H groups in total. The van der Waals surface area contributed by atoms with Crippen molar-refractivity contribution in [1.82, 2.24) is 10.2 Å². The van der Waals surface area contributed by atoms with E-state index in [1.165, 1.54) is 11.8 Å². The summed E-state index contributed by atoms with van der Waals surface area (Å²) in [6.45, 7) is 8.26. The highest BCUT2D eigenvalue weighted by Gasteiger charge is 2.36. The molecule has 5 rings (SSSR count). The maximum atomic E-state index is 13.2. The molecular weight excluding hydrogens is 548 g/mol. The standard InChI is InChI=1S/C33H44N4O4S/c1-22(2)34-32(38)26-11-13-28(14-12-26)37-30-19-24(21-36-17-15-29(16-18-36)42(4,40)41)7-10-27(30)20-31(37)35-33(39)25-8-5-23(3)6-9-25/h5-10,19,22,26,28-29H,11-18,20-21H2,1-4H3,(H,34,38). The van der Waals surface area contributed by atoms with E-state index in [1.54, 1.807) is 0 Å². The van der Waals surface area contributed by atoms with Crippen LogP contribution in [0, 0.1) is 12.8 Å². The van der Waals surface area contributed by atoms with Gasteiger partial charge in [-0.1, -0.05) is 29.8 Å². The van der Waals surface area contributed by atoms with Crippen molar-refractivity contribution in [2.24, 2.45) is 10.9 Å². The van der Waals surface area contributed by atoms with Gasteiger partial charge in [0.05, 0.1) is 5.25 Å².